The van der Waals surface area contributed by atoms with Gasteiger partial charge in [-0.25, -0.2) is 0 Å². The Bertz CT molecular complexity index is 354. The minimum atomic E-state index is -2.12. The topological polar surface area (TPSA) is 169 Å². The minimum Gasteiger partial charge on any atom is -0.394 e. The predicted octanol–water partition coefficient (Wildman–Crippen LogP) is -4.76. The van der Waals surface area contributed by atoms with Crippen LogP contribution in [0.1, 0.15) is 0 Å². The van der Waals surface area contributed by atoms with E-state index in [4.69, 9.17) is 19.3 Å². The van der Waals surface area contributed by atoms with Crippen LogP contribution in [0.25, 0.3) is 0 Å². The maximum Gasteiger partial charge on any atom is 0.224 e. The van der Waals surface area contributed by atoms with E-state index in [2.05, 4.69) is 0 Å². The number of rotatable bonds is 4. The molecule has 2 saturated heterocycles. The van der Waals surface area contributed by atoms with Crippen LogP contribution in [0.3, 0.4) is 0 Å². The van der Waals surface area contributed by atoms with E-state index in [0.29, 0.717) is 0 Å². The largest absolute Gasteiger partial charge is 0.394 e. The average Bonchev–Trinajstić information content (AvgIpc) is 2.73. The summed E-state index contributed by atoms with van der Waals surface area (Å²) >= 11 is 0. The van der Waals surface area contributed by atoms with Crippen molar-refractivity contribution in [1.82, 2.24) is 0 Å². The highest BCUT2D eigenvalue weighted by Crippen LogP contribution is 2.35. The highest BCUT2D eigenvalue weighted by molar-refractivity contribution is 4.97. The third-order valence-corrected chi connectivity index (χ3v) is 3.68. The van der Waals surface area contributed by atoms with Crippen molar-refractivity contribution in [3.8, 4) is 0 Å². The maximum atomic E-state index is 9.92. The van der Waals surface area contributed by atoms with E-state index in [1.165, 1.54) is 0 Å². The van der Waals surface area contributed by atoms with Crippen molar-refractivity contribution in [1.29, 1.82) is 0 Å². The van der Waals surface area contributed by atoms with Crippen molar-refractivity contribution < 1.29 is 50.0 Å². The predicted molar refractivity (Wildman–Crippen MR) is 62.6 cm³/mol. The Morgan fingerprint density at radius 3 is 2.19 bits per heavy atom. The monoisotopic (exact) mass is 312 g/mol. The second-order valence-corrected chi connectivity index (χ2v) is 5.11. The first-order valence-electron chi connectivity index (χ1n) is 6.45. The van der Waals surface area contributed by atoms with Crippen LogP contribution in [0.5, 0.6) is 0 Å². The molecule has 0 aromatic carbocycles. The van der Waals surface area contributed by atoms with E-state index in [1.54, 1.807) is 0 Å². The zero-order chi connectivity index (χ0) is 15.8. The van der Waals surface area contributed by atoms with Crippen molar-refractivity contribution in [3.05, 3.63) is 0 Å². The van der Waals surface area contributed by atoms with Gasteiger partial charge in [0.05, 0.1) is 13.2 Å². The molecule has 0 aromatic heterocycles. The summed E-state index contributed by atoms with van der Waals surface area (Å²) in [6, 6.07) is 0. The lowest BCUT2D eigenvalue weighted by molar-refractivity contribution is -0.370. The molecule has 2 heterocycles. The van der Waals surface area contributed by atoms with Crippen molar-refractivity contribution >= 4 is 0 Å². The van der Waals surface area contributed by atoms with Gasteiger partial charge in [0.2, 0.25) is 5.79 Å². The molecule has 2 aliphatic heterocycles. The second kappa shape index (κ2) is 6.38. The molecule has 8 atom stereocenters. The summed E-state index contributed by atoms with van der Waals surface area (Å²) in [7, 11) is 0. The summed E-state index contributed by atoms with van der Waals surface area (Å²) < 4.78 is 15.3. The van der Waals surface area contributed by atoms with Crippen LogP contribution in [-0.2, 0) is 14.2 Å². The van der Waals surface area contributed by atoms with Gasteiger partial charge in [-0.3, -0.25) is 0 Å². The Labute approximate surface area is 119 Å². The van der Waals surface area contributed by atoms with Gasteiger partial charge in [-0.2, -0.15) is 0 Å². The molecule has 10 nitrogen and oxygen atoms in total. The fourth-order valence-electron chi connectivity index (χ4n) is 2.35. The average molecular weight is 312 g/mol. The summed E-state index contributed by atoms with van der Waals surface area (Å²) in [6.07, 6.45) is -10.4. The molecule has 124 valence electrons. The molecule has 21 heavy (non-hydrogen) atoms. The molecule has 0 unspecified atom stereocenters. The Morgan fingerprint density at radius 1 is 1.00 bits per heavy atom. The summed E-state index contributed by atoms with van der Waals surface area (Å²) in [6.45, 7) is -1.86. The van der Waals surface area contributed by atoms with Gasteiger partial charge in [0.15, 0.2) is 6.29 Å². The molecular formula is C11H20O10. The molecule has 10 heteroatoms. The van der Waals surface area contributed by atoms with Gasteiger partial charge in [0.25, 0.3) is 0 Å². The van der Waals surface area contributed by atoms with Gasteiger partial charge >= 0.3 is 0 Å². The van der Waals surface area contributed by atoms with E-state index in [9.17, 15) is 30.6 Å². The van der Waals surface area contributed by atoms with Gasteiger partial charge in [-0.05, 0) is 0 Å². The summed E-state index contributed by atoms with van der Waals surface area (Å²) in [4.78, 5) is 0. The van der Waals surface area contributed by atoms with Gasteiger partial charge in [0.1, 0.15) is 43.2 Å². The third-order valence-electron chi connectivity index (χ3n) is 3.68. The first kappa shape index (κ1) is 17.0. The van der Waals surface area contributed by atoms with Crippen molar-refractivity contribution in [2.24, 2.45) is 0 Å². The number of hydrogen-bond donors (Lipinski definition) is 7. The molecule has 0 aromatic rings. The van der Waals surface area contributed by atoms with E-state index >= 15 is 0 Å². The third kappa shape index (κ3) is 2.92. The lowest BCUT2D eigenvalue weighted by atomic mass is 10.0. The molecule has 0 spiro atoms. The first-order valence-corrected chi connectivity index (χ1v) is 6.45. The van der Waals surface area contributed by atoms with Crippen LogP contribution in [0, 0.1) is 0 Å². The van der Waals surface area contributed by atoms with E-state index in [0.717, 1.165) is 0 Å². The Hall–Kier alpha value is -0.400. The highest BCUT2D eigenvalue weighted by atomic mass is 16.8. The fraction of sp³-hybridized carbons (Fsp3) is 1.00. The normalized spacial score (nSPS) is 51.3. The lowest BCUT2D eigenvalue weighted by Gasteiger charge is -2.40. The Kier molecular flexibility index (Phi) is 5.15. The zero-order valence-corrected chi connectivity index (χ0v) is 11.0. The van der Waals surface area contributed by atoms with Crippen LogP contribution in [0.4, 0.5) is 0 Å². The fourth-order valence-corrected chi connectivity index (χ4v) is 2.35. The second-order valence-electron chi connectivity index (χ2n) is 5.11. The number of hydrogen-bond acceptors (Lipinski definition) is 10. The molecule has 0 saturated carbocycles. The molecule has 0 radical (unpaired) electrons. The van der Waals surface area contributed by atoms with Gasteiger partial charge < -0.3 is 50.0 Å². The van der Waals surface area contributed by atoms with E-state index in [-0.39, 0.29) is 6.61 Å². The highest BCUT2D eigenvalue weighted by Gasteiger charge is 2.57. The molecular weight excluding hydrogens is 292 g/mol. The Balaban J connectivity index is 2.12. The first-order chi connectivity index (χ1) is 9.86. The maximum absolute atomic E-state index is 9.92. The van der Waals surface area contributed by atoms with E-state index < -0.39 is 61.9 Å². The SMILES string of the molecule is OC[C@H]1O[C@](CO)(O[C@@H]2OC[C@@H](O)[C@H](O)[C@H]2O)[C@@H](O)[C@@H]1O. The summed E-state index contributed by atoms with van der Waals surface area (Å²) in [5, 5.41) is 66.7. The minimum absolute atomic E-state index is 0.341. The van der Waals surface area contributed by atoms with E-state index in [1.807, 2.05) is 0 Å². The quantitative estimate of drug-likeness (QED) is 0.267. The zero-order valence-electron chi connectivity index (χ0n) is 11.0. The molecule has 0 bridgehead atoms. The Morgan fingerprint density at radius 2 is 1.67 bits per heavy atom. The standard InChI is InChI=1S/C11H20O10/c12-1-5-7(16)9(18)11(3-13,20-5)21-10-8(17)6(15)4(14)2-19-10/h4-10,12-18H,1-3H2/t4-,5-,6+,7-,8-,9+,10+,11-/m1/s1. The van der Waals surface area contributed by atoms with Crippen molar-refractivity contribution in [3.63, 3.8) is 0 Å². The molecule has 0 amide bonds. The number of aliphatic hydroxyl groups is 7. The summed E-state index contributed by atoms with van der Waals surface area (Å²) in [5.74, 6) is -2.12. The molecule has 2 fully saturated rings. The van der Waals surface area contributed by atoms with Crippen molar-refractivity contribution in [2.75, 3.05) is 19.8 Å². The van der Waals surface area contributed by atoms with Crippen LogP contribution in [-0.4, -0.2) is 104 Å². The lowest BCUT2D eigenvalue weighted by Crippen LogP contribution is -2.59. The molecule has 0 aliphatic carbocycles. The van der Waals surface area contributed by atoms with Crippen LogP contribution >= 0.6 is 0 Å². The van der Waals surface area contributed by atoms with Gasteiger partial charge in [-0.15, -0.1) is 0 Å². The molecule has 2 rings (SSSR count). The van der Waals surface area contributed by atoms with Crippen LogP contribution in [0.15, 0.2) is 0 Å². The van der Waals surface area contributed by atoms with Gasteiger partial charge in [-0.1, -0.05) is 0 Å². The smallest absolute Gasteiger partial charge is 0.224 e. The number of aliphatic hydroxyl groups excluding tert-OH is 7. The van der Waals surface area contributed by atoms with Gasteiger partial charge in [0, 0.05) is 0 Å². The van der Waals surface area contributed by atoms with Crippen LogP contribution < -0.4 is 0 Å². The van der Waals surface area contributed by atoms with Crippen LogP contribution in [0.2, 0.25) is 0 Å². The molecule has 2 aliphatic rings. The molecule has 7 N–H and O–H groups in total. The van der Waals surface area contributed by atoms with Crippen molar-refractivity contribution in [2.45, 2.75) is 48.7 Å². The summed E-state index contributed by atoms with van der Waals surface area (Å²) in [5.41, 5.74) is 0. The number of ether oxygens (including phenoxy) is 3.